The summed E-state index contributed by atoms with van der Waals surface area (Å²) in [5, 5.41) is 8.08. The van der Waals surface area contributed by atoms with Gasteiger partial charge in [0.15, 0.2) is 5.60 Å². The van der Waals surface area contributed by atoms with Crippen molar-refractivity contribution in [2.45, 2.75) is 69.6 Å². The maximum absolute atomic E-state index is 13.3. The molecule has 3 fully saturated rings. The maximum Gasteiger partial charge on any atom is 0.257 e. The van der Waals surface area contributed by atoms with E-state index >= 15 is 0 Å². The first-order chi connectivity index (χ1) is 16.1. The minimum atomic E-state index is -0.741. The fraction of sp³-hybridized carbons (Fsp3) is 0.458. The summed E-state index contributed by atoms with van der Waals surface area (Å²) in [5.41, 5.74) is 2.03. The van der Waals surface area contributed by atoms with Crippen molar-refractivity contribution < 1.29 is 18.7 Å². The lowest BCUT2D eigenvalue weighted by Gasteiger charge is -2.42. The molecule has 170 valence electrons. The standard InChI is InChI=1S/C24H25N5O4/c1-2-20-27-28-22(32-20)16-5-3-15(4-6-16)14-31-17-11-24(12-17)23(30)29-19(7-8-21(29)33-24)18-13-25-9-10-26-18/h3-6,9-10,13,17,19,21H,2,7-8,11-12,14H2,1H3/t17?,19-,21?,24?/m0/s1. The van der Waals surface area contributed by atoms with E-state index in [0.717, 1.165) is 29.7 Å². The highest BCUT2D eigenvalue weighted by Crippen LogP contribution is 2.51. The van der Waals surface area contributed by atoms with Crippen molar-refractivity contribution in [3.05, 3.63) is 60.0 Å². The zero-order valence-electron chi connectivity index (χ0n) is 18.4. The highest BCUT2D eigenvalue weighted by atomic mass is 16.6. The fourth-order valence-electron chi connectivity index (χ4n) is 5.02. The van der Waals surface area contributed by atoms with E-state index in [4.69, 9.17) is 13.9 Å². The number of nitrogens with zero attached hydrogens (tertiary/aromatic N) is 5. The second-order valence-electron chi connectivity index (χ2n) is 8.90. The molecule has 2 aliphatic heterocycles. The molecule has 1 amide bonds. The van der Waals surface area contributed by atoms with Gasteiger partial charge in [-0.3, -0.25) is 14.8 Å². The van der Waals surface area contributed by atoms with E-state index in [2.05, 4.69) is 20.2 Å². The molecule has 1 spiro atoms. The molecular weight excluding hydrogens is 422 g/mol. The Morgan fingerprint density at radius 2 is 2.00 bits per heavy atom. The third kappa shape index (κ3) is 3.52. The summed E-state index contributed by atoms with van der Waals surface area (Å²) in [5.74, 6) is 1.22. The Morgan fingerprint density at radius 1 is 1.15 bits per heavy atom. The minimum absolute atomic E-state index is 0.00618. The lowest BCUT2D eigenvalue weighted by Crippen LogP contribution is -2.54. The molecule has 33 heavy (non-hydrogen) atoms. The van der Waals surface area contributed by atoms with Crippen LogP contribution in [0.2, 0.25) is 0 Å². The van der Waals surface area contributed by atoms with Crippen molar-refractivity contribution in [3.8, 4) is 11.5 Å². The second-order valence-corrected chi connectivity index (χ2v) is 8.90. The smallest absolute Gasteiger partial charge is 0.257 e. The Bertz CT molecular complexity index is 1140. The molecule has 3 aromatic rings. The largest absolute Gasteiger partial charge is 0.421 e. The van der Waals surface area contributed by atoms with Crippen molar-refractivity contribution in [3.63, 3.8) is 0 Å². The van der Waals surface area contributed by atoms with Gasteiger partial charge in [-0.15, -0.1) is 10.2 Å². The first kappa shape index (κ1) is 20.4. The molecule has 9 nitrogen and oxygen atoms in total. The van der Waals surface area contributed by atoms with Crippen LogP contribution in [0.25, 0.3) is 11.5 Å². The van der Waals surface area contributed by atoms with Gasteiger partial charge in [-0.05, 0) is 30.5 Å². The van der Waals surface area contributed by atoms with Crippen molar-refractivity contribution in [2.24, 2.45) is 0 Å². The topological polar surface area (TPSA) is 103 Å². The summed E-state index contributed by atoms with van der Waals surface area (Å²) in [6, 6.07) is 7.86. The highest BCUT2D eigenvalue weighted by molar-refractivity contribution is 5.89. The van der Waals surface area contributed by atoms with Crippen molar-refractivity contribution in [1.29, 1.82) is 0 Å². The Kier molecular flexibility index (Phi) is 4.95. The van der Waals surface area contributed by atoms with Crippen molar-refractivity contribution in [1.82, 2.24) is 25.1 Å². The molecular formula is C24H25N5O4. The Morgan fingerprint density at radius 3 is 2.73 bits per heavy atom. The van der Waals surface area contributed by atoms with E-state index in [-0.39, 0.29) is 24.3 Å². The normalized spacial score (nSPS) is 28.3. The summed E-state index contributed by atoms with van der Waals surface area (Å²) in [6.07, 6.45) is 8.47. The fourth-order valence-corrected chi connectivity index (χ4v) is 5.02. The Hall–Kier alpha value is -3.17. The van der Waals surface area contributed by atoms with Gasteiger partial charge in [0, 0.05) is 37.2 Å². The van der Waals surface area contributed by atoms with Gasteiger partial charge >= 0.3 is 0 Å². The SMILES string of the molecule is CCc1nnc(-c2ccc(COC3CC4(C3)OC3CC[C@@H](c5cnccn5)N3C4=O)cc2)o1. The van der Waals surface area contributed by atoms with Gasteiger partial charge in [0.25, 0.3) is 5.91 Å². The molecule has 1 aromatic carbocycles. The van der Waals surface area contributed by atoms with Crippen LogP contribution in [0.4, 0.5) is 0 Å². The third-order valence-electron chi connectivity index (χ3n) is 6.81. The van der Waals surface area contributed by atoms with E-state index in [9.17, 15) is 4.79 Å². The Balaban J connectivity index is 1.05. The number of carbonyl (C=O) groups excluding carboxylic acids is 1. The molecule has 2 atom stereocenters. The van der Waals surface area contributed by atoms with Crippen LogP contribution >= 0.6 is 0 Å². The first-order valence-corrected chi connectivity index (χ1v) is 11.4. The quantitative estimate of drug-likeness (QED) is 0.567. The molecule has 4 heterocycles. The number of ether oxygens (including phenoxy) is 2. The monoisotopic (exact) mass is 447 g/mol. The van der Waals surface area contributed by atoms with E-state index in [0.29, 0.717) is 37.7 Å². The minimum Gasteiger partial charge on any atom is -0.421 e. The molecule has 0 radical (unpaired) electrons. The maximum atomic E-state index is 13.3. The van der Waals surface area contributed by atoms with E-state index in [1.165, 1.54) is 0 Å². The van der Waals surface area contributed by atoms with Gasteiger partial charge in [-0.2, -0.15) is 0 Å². The number of aromatic nitrogens is 4. The summed E-state index contributed by atoms with van der Waals surface area (Å²) < 4.78 is 17.9. The molecule has 6 rings (SSSR count). The average Bonchev–Trinajstić information content (AvgIpc) is 3.54. The van der Waals surface area contributed by atoms with E-state index in [1.807, 2.05) is 36.1 Å². The molecule has 1 aliphatic carbocycles. The number of fused-ring (bicyclic) bond motifs is 1. The Labute approximate surface area is 191 Å². The van der Waals surface area contributed by atoms with Gasteiger partial charge in [-0.1, -0.05) is 19.1 Å². The number of hydrogen-bond acceptors (Lipinski definition) is 8. The number of rotatable bonds is 6. The van der Waals surface area contributed by atoms with E-state index < -0.39 is 5.60 Å². The molecule has 2 aromatic heterocycles. The van der Waals surface area contributed by atoms with Crippen LogP contribution in [0.3, 0.4) is 0 Å². The van der Waals surface area contributed by atoms with Gasteiger partial charge < -0.3 is 18.8 Å². The lowest BCUT2D eigenvalue weighted by atomic mass is 9.76. The number of aryl methyl sites for hydroxylation is 1. The predicted octanol–water partition coefficient (Wildman–Crippen LogP) is 3.23. The molecule has 0 bridgehead atoms. The molecule has 3 aliphatic rings. The number of amides is 1. The zero-order valence-corrected chi connectivity index (χ0v) is 18.4. The number of carbonyl (C=O) groups is 1. The van der Waals surface area contributed by atoms with Crippen LogP contribution in [0.5, 0.6) is 0 Å². The molecule has 1 unspecified atom stereocenters. The number of hydrogen-bond donors (Lipinski definition) is 0. The summed E-state index contributed by atoms with van der Waals surface area (Å²) in [4.78, 5) is 23.7. The molecule has 9 heteroatoms. The van der Waals surface area contributed by atoms with Crippen molar-refractivity contribution >= 4 is 5.91 Å². The number of benzene rings is 1. The zero-order chi connectivity index (χ0) is 22.4. The molecule has 0 N–H and O–H groups in total. The van der Waals surface area contributed by atoms with Gasteiger partial charge in [0.1, 0.15) is 6.23 Å². The summed E-state index contributed by atoms with van der Waals surface area (Å²) in [7, 11) is 0. The average molecular weight is 447 g/mol. The van der Waals surface area contributed by atoms with Gasteiger partial charge in [-0.25, -0.2) is 0 Å². The first-order valence-electron chi connectivity index (χ1n) is 11.4. The van der Waals surface area contributed by atoms with Gasteiger partial charge in [0.05, 0.1) is 30.6 Å². The molecule has 1 saturated carbocycles. The van der Waals surface area contributed by atoms with Crippen LogP contribution in [-0.4, -0.2) is 48.9 Å². The highest BCUT2D eigenvalue weighted by Gasteiger charge is 2.63. The lowest BCUT2D eigenvalue weighted by molar-refractivity contribution is -0.177. The summed E-state index contributed by atoms with van der Waals surface area (Å²) in [6.45, 7) is 2.46. The predicted molar refractivity (Wildman–Crippen MR) is 115 cm³/mol. The van der Waals surface area contributed by atoms with E-state index in [1.54, 1.807) is 18.6 Å². The third-order valence-corrected chi connectivity index (χ3v) is 6.81. The van der Waals surface area contributed by atoms with Crippen LogP contribution in [0.15, 0.2) is 47.3 Å². The van der Waals surface area contributed by atoms with Crippen molar-refractivity contribution in [2.75, 3.05) is 0 Å². The second kappa shape index (κ2) is 8.00. The van der Waals surface area contributed by atoms with Crippen LogP contribution < -0.4 is 0 Å². The summed E-state index contributed by atoms with van der Waals surface area (Å²) >= 11 is 0. The molecule has 2 saturated heterocycles. The van der Waals surface area contributed by atoms with Gasteiger partial charge in [0.2, 0.25) is 11.8 Å². The van der Waals surface area contributed by atoms with Crippen LogP contribution in [-0.2, 0) is 27.3 Å². The van der Waals surface area contributed by atoms with Crippen LogP contribution in [0, 0.1) is 0 Å². The van der Waals surface area contributed by atoms with Crippen LogP contribution in [0.1, 0.15) is 55.8 Å².